The fourth-order valence-electron chi connectivity index (χ4n) is 0.907. The molecular formula is C8H15NO2. The van der Waals surface area contributed by atoms with Gasteiger partial charge in [-0.15, -0.1) is 0 Å². The van der Waals surface area contributed by atoms with Gasteiger partial charge in [-0.1, -0.05) is 6.92 Å². The summed E-state index contributed by atoms with van der Waals surface area (Å²) < 4.78 is 5.08. The van der Waals surface area contributed by atoms with Crippen LogP contribution in [0.15, 0.2) is 0 Å². The second-order valence-corrected chi connectivity index (χ2v) is 3.00. The largest absolute Gasteiger partial charge is 0.461 e. The van der Waals surface area contributed by atoms with Crippen LogP contribution in [0, 0.1) is 0 Å². The lowest BCUT2D eigenvalue weighted by molar-refractivity contribution is -0.154. The molecule has 1 aliphatic rings. The summed E-state index contributed by atoms with van der Waals surface area (Å²) in [5.74, 6) is -0.239. The van der Waals surface area contributed by atoms with E-state index in [9.17, 15) is 4.79 Å². The molecule has 1 fully saturated rings. The van der Waals surface area contributed by atoms with Crippen LogP contribution in [-0.2, 0) is 9.53 Å². The molecule has 3 nitrogen and oxygen atoms in total. The maximum absolute atomic E-state index is 11.0. The van der Waals surface area contributed by atoms with Gasteiger partial charge in [0, 0.05) is 0 Å². The van der Waals surface area contributed by atoms with E-state index in [0.717, 1.165) is 12.8 Å². The number of nitrogens with two attached hydrogens (primary N) is 1. The zero-order chi connectivity index (χ0) is 8.27. The third-order valence-corrected chi connectivity index (χ3v) is 2.08. The highest BCUT2D eigenvalue weighted by Crippen LogP contribution is 2.22. The topological polar surface area (TPSA) is 52.3 Å². The number of esters is 1. The lowest BCUT2D eigenvalue weighted by Crippen LogP contribution is -2.36. The number of carbonyl (C=O) groups excluding carboxylic acids is 1. The van der Waals surface area contributed by atoms with Crippen LogP contribution >= 0.6 is 0 Å². The molecule has 0 aromatic carbocycles. The van der Waals surface area contributed by atoms with Crippen molar-refractivity contribution in [3.8, 4) is 0 Å². The van der Waals surface area contributed by atoms with Gasteiger partial charge < -0.3 is 10.5 Å². The molecule has 0 spiro atoms. The van der Waals surface area contributed by atoms with Gasteiger partial charge in [0.25, 0.3) is 0 Å². The summed E-state index contributed by atoms with van der Waals surface area (Å²) in [5, 5.41) is 0. The normalized spacial score (nSPS) is 20.5. The summed E-state index contributed by atoms with van der Waals surface area (Å²) in [6.45, 7) is 1.88. The molecule has 0 aromatic rings. The van der Waals surface area contributed by atoms with Crippen molar-refractivity contribution in [1.29, 1.82) is 0 Å². The molecule has 64 valence electrons. The Balaban J connectivity index is 2.19. The van der Waals surface area contributed by atoms with Crippen LogP contribution in [-0.4, -0.2) is 18.1 Å². The van der Waals surface area contributed by atoms with Gasteiger partial charge >= 0.3 is 5.97 Å². The van der Waals surface area contributed by atoms with E-state index in [-0.39, 0.29) is 12.1 Å². The zero-order valence-corrected chi connectivity index (χ0v) is 6.88. The van der Waals surface area contributed by atoms with Crippen molar-refractivity contribution < 1.29 is 9.53 Å². The maximum atomic E-state index is 11.0. The molecule has 11 heavy (non-hydrogen) atoms. The van der Waals surface area contributed by atoms with Crippen molar-refractivity contribution in [3.63, 3.8) is 0 Å². The maximum Gasteiger partial charge on any atom is 0.323 e. The lowest BCUT2D eigenvalue weighted by Gasteiger charge is -2.26. The van der Waals surface area contributed by atoms with E-state index in [0.29, 0.717) is 6.42 Å². The second-order valence-electron chi connectivity index (χ2n) is 3.00. The predicted octanol–water partition coefficient (Wildman–Crippen LogP) is 0.819. The van der Waals surface area contributed by atoms with E-state index < -0.39 is 6.04 Å². The molecule has 0 amide bonds. The molecule has 3 heteroatoms. The van der Waals surface area contributed by atoms with Crippen molar-refractivity contribution in [2.75, 3.05) is 0 Å². The van der Waals surface area contributed by atoms with E-state index in [1.54, 1.807) is 0 Å². The minimum atomic E-state index is -0.421. The van der Waals surface area contributed by atoms with E-state index >= 15 is 0 Å². The molecule has 2 N–H and O–H groups in total. The summed E-state index contributed by atoms with van der Waals surface area (Å²) >= 11 is 0. The zero-order valence-electron chi connectivity index (χ0n) is 6.88. The number of hydrogen-bond acceptors (Lipinski definition) is 3. The van der Waals surface area contributed by atoms with Crippen molar-refractivity contribution in [2.45, 2.75) is 44.8 Å². The monoisotopic (exact) mass is 157 g/mol. The van der Waals surface area contributed by atoms with Crippen LogP contribution in [0.3, 0.4) is 0 Å². The molecule has 0 aromatic heterocycles. The Bertz CT molecular complexity index is 143. The van der Waals surface area contributed by atoms with Gasteiger partial charge in [-0.3, -0.25) is 4.79 Å². The van der Waals surface area contributed by atoms with Gasteiger partial charge in [0.1, 0.15) is 12.1 Å². The number of carbonyl (C=O) groups is 1. The second kappa shape index (κ2) is 3.72. The Morgan fingerprint density at radius 2 is 2.36 bits per heavy atom. The van der Waals surface area contributed by atoms with E-state index in [1.807, 2.05) is 6.92 Å². The Hall–Kier alpha value is -0.570. The van der Waals surface area contributed by atoms with Crippen molar-refractivity contribution in [1.82, 2.24) is 0 Å². The fraction of sp³-hybridized carbons (Fsp3) is 0.875. The Morgan fingerprint density at radius 3 is 2.73 bits per heavy atom. The standard InChI is InChI=1S/C8H15NO2/c1-2-7(9)8(10)11-6-4-3-5-6/h6-7H,2-5,9H2,1H3/t7-/m0/s1. The van der Waals surface area contributed by atoms with E-state index in [2.05, 4.69) is 0 Å². The van der Waals surface area contributed by atoms with Gasteiger partial charge in [0.2, 0.25) is 0 Å². The highest BCUT2D eigenvalue weighted by molar-refractivity contribution is 5.75. The number of hydrogen-bond donors (Lipinski definition) is 1. The van der Waals surface area contributed by atoms with Crippen LogP contribution in [0.4, 0.5) is 0 Å². The molecule has 1 atom stereocenters. The van der Waals surface area contributed by atoms with Crippen LogP contribution in [0.5, 0.6) is 0 Å². The summed E-state index contributed by atoms with van der Waals surface area (Å²) in [7, 11) is 0. The molecule has 0 aliphatic heterocycles. The van der Waals surface area contributed by atoms with Gasteiger partial charge in [-0.05, 0) is 25.7 Å². The van der Waals surface area contributed by atoms with E-state index in [4.69, 9.17) is 10.5 Å². The highest BCUT2D eigenvalue weighted by Gasteiger charge is 2.23. The van der Waals surface area contributed by atoms with Crippen LogP contribution in [0.2, 0.25) is 0 Å². The van der Waals surface area contributed by atoms with Crippen molar-refractivity contribution >= 4 is 5.97 Å². The molecule has 0 radical (unpaired) electrons. The predicted molar refractivity (Wildman–Crippen MR) is 42.0 cm³/mol. The van der Waals surface area contributed by atoms with Gasteiger partial charge in [-0.25, -0.2) is 0 Å². The Kier molecular flexibility index (Phi) is 2.88. The van der Waals surface area contributed by atoms with Crippen molar-refractivity contribution in [2.24, 2.45) is 5.73 Å². The molecule has 0 saturated heterocycles. The average Bonchev–Trinajstić information content (AvgIpc) is 1.94. The molecule has 0 heterocycles. The average molecular weight is 157 g/mol. The quantitative estimate of drug-likeness (QED) is 0.617. The molecule has 1 aliphatic carbocycles. The van der Waals surface area contributed by atoms with Crippen LogP contribution < -0.4 is 5.73 Å². The third-order valence-electron chi connectivity index (χ3n) is 2.08. The first kappa shape index (κ1) is 8.53. The first-order chi connectivity index (χ1) is 5.24. The Morgan fingerprint density at radius 1 is 1.73 bits per heavy atom. The first-order valence-electron chi connectivity index (χ1n) is 4.20. The first-order valence-corrected chi connectivity index (χ1v) is 4.20. The highest BCUT2D eigenvalue weighted by atomic mass is 16.5. The summed E-state index contributed by atoms with van der Waals surface area (Å²) in [6, 6.07) is -0.421. The molecule has 1 rings (SSSR count). The number of ether oxygens (including phenoxy) is 1. The minimum Gasteiger partial charge on any atom is -0.461 e. The van der Waals surface area contributed by atoms with Gasteiger partial charge in [0.15, 0.2) is 0 Å². The van der Waals surface area contributed by atoms with Gasteiger partial charge in [0.05, 0.1) is 0 Å². The SMILES string of the molecule is CC[C@H](N)C(=O)OC1CCC1. The number of rotatable bonds is 3. The fourth-order valence-corrected chi connectivity index (χ4v) is 0.907. The third kappa shape index (κ3) is 2.19. The lowest BCUT2D eigenvalue weighted by atomic mass is 9.96. The van der Waals surface area contributed by atoms with Crippen LogP contribution in [0.25, 0.3) is 0 Å². The minimum absolute atomic E-state index is 0.167. The summed E-state index contributed by atoms with van der Waals surface area (Å²) in [6.07, 6.45) is 4.04. The van der Waals surface area contributed by atoms with E-state index in [1.165, 1.54) is 6.42 Å². The summed E-state index contributed by atoms with van der Waals surface area (Å²) in [5.41, 5.74) is 5.47. The van der Waals surface area contributed by atoms with Gasteiger partial charge in [-0.2, -0.15) is 0 Å². The smallest absolute Gasteiger partial charge is 0.323 e. The molecule has 1 saturated carbocycles. The molecule has 0 bridgehead atoms. The Labute approximate surface area is 66.9 Å². The van der Waals surface area contributed by atoms with Crippen LogP contribution in [0.1, 0.15) is 32.6 Å². The summed E-state index contributed by atoms with van der Waals surface area (Å²) in [4.78, 5) is 11.0. The molecule has 0 unspecified atom stereocenters. The molecular weight excluding hydrogens is 142 g/mol. The van der Waals surface area contributed by atoms with Crippen molar-refractivity contribution in [3.05, 3.63) is 0 Å².